The lowest BCUT2D eigenvalue weighted by Gasteiger charge is -2.63. The molecule has 1 aliphatic heterocycles. The van der Waals surface area contributed by atoms with E-state index in [1.165, 1.54) is 6.92 Å². The Kier molecular flexibility index (Phi) is 5.09. The van der Waals surface area contributed by atoms with E-state index in [2.05, 4.69) is 13.8 Å². The maximum absolute atomic E-state index is 11.9. The van der Waals surface area contributed by atoms with Gasteiger partial charge in [-0.05, 0) is 49.0 Å². The van der Waals surface area contributed by atoms with Gasteiger partial charge >= 0.3 is 5.97 Å². The molecule has 2 heterocycles. The van der Waals surface area contributed by atoms with Crippen LogP contribution in [0.25, 0.3) is 0 Å². The third kappa shape index (κ3) is 2.89. The van der Waals surface area contributed by atoms with Gasteiger partial charge in [-0.1, -0.05) is 13.8 Å². The van der Waals surface area contributed by atoms with Gasteiger partial charge in [0, 0.05) is 12.5 Å². The first kappa shape index (κ1) is 20.8. The normalized spacial score (nSPS) is 44.9. The Hall–Kier alpha value is -1.41. The Labute approximate surface area is 171 Å². The van der Waals surface area contributed by atoms with E-state index in [4.69, 9.17) is 13.9 Å². The zero-order valence-electron chi connectivity index (χ0n) is 17.3. The molecule has 7 heteroatoms. The lowest BCUT2D eigenvalue weighted by molar-refractivity contribution is -0.245. The molecule has 2 saturated carbocycles. The highest BCUT2D eigenvalue weighted by Gasteiger charge is 2.77. The Morgan fingerprint density at radius 2 is 2.14 bits per heavy atom. The summed E-state index contributed by atoms with van der Waals surface area (Å²) in [5.41, 5.74) is -1.42. The average Bonchev–Trinajstić information content (AvgIpc) is 3.26. The first-order valence-corrected chi connectivity index (χ1v) is 10.5. The number of aliphatic hydroxyl groups is 3. The van der Waals surface area contributed by atoms with Crippen molar-refractivity contribution in [3.05, 3.63) is 24.2 Å². The molecule has 1 saturated heterocycles. The van der Waals surface area contributed by atoms with Crippen LogP contribution in [-0.2, 0) is 14.3 Å². The van der Waals surface area contributed by atoms with E-state index in [0.29, 0.717) is 32.3 Å². The minimum Gasteiger partial charge on any atom is -0.472 e. The van der Waals surface area contributed by atoms with Crippen LogP contribution in [0.2, 0.25) is 0 Å². The highest BCUT2D eigenvalue weighted by Crippen LogP contribution is 2.69. The van der Waals surface area contributed by atoms with Gasteiger partial charge in [0.1, 0.15) is 11.7 Å². The van der Waals surface area contributed by atoms with Crippen LogP contribution in [0.5, 0.6) is 0 Å². The third-order valence-electron chi connectivity index (χ3n) is 8.33. The van der Waals surface area contributed by atoms with Gasteiger partial charge in [-0.25, -0.2) is 0 Å². The van der Waals surface area contributed by atoms with Crippen molar-refractivity contribution in [2.45, 2.75) is 70.4 Å². The van der Waals surface area contributed by atoms with Crippen molar-refractivity contribution in [3.63, 3.8) is 0 Å². The average molecular weight is 408 g/mol. The standard InChI is InChI=1S/C22H32O7/c1-13-8-19(29-14(2)24)21(11-23)17(4-5-18(26)22(21)12-28-22)20(13,3)9-16(25)15-6-7-27-10-15/h6-7,10,13,16-19,23,25-26H,4-5,8-9,11-12H2,1-3H3/t13-,16+,17-,18+,19+,20+,21+,22-/m1/s1. The number of furan rings is 1. The Bertz CT molecular complexity index is 742. The third-order valence-corrected chi connectivity index (χ3v) is 8.33. The number of epoxide rings is 1. The monoisotopic (exact) mass is 408 g/mol. The maximum atomic E-state index is 11.9. The smallest absolute Gasteiger partial charge is 0.302 e. The van der Waals surface area contributed by atoms with Crippen LogP contribution in [0.4, 0.5) is 0 Å². The summed E-state index contributed by atoms with van der Waals surface area (Å²) in [6.07, 6.45) is 3.41. The van der Waals surface area contributed by atoms with Crippen molar-refractivity contribution in [3.8, 4) is 0 Å². The molecule has 1 spiro atoms. The van der Waals surface area contributed by atoms with Crippen LogP contribution in [0.3, 0.4) is 0 Å². The summed E-state index contributed by atoms with van der Waals surface area (Å²) in [4.78, 5) is 11.9. The number of aliphatic hydroxyl groups excluding tert-OH is 3. The van der Waals surface area contributed by atoms with E-state index >= 15 is 0 Å². The quantitative estimate of drug-likeness (QED) is 0.506. The first-order valence-electron chi connectivity index (χ1n) is 10.5. The van der Waals surface area contributed by atoms with Gasteiger partial charge in [0.15, 0.2) is 0 Å². The van der Waals surface area contributed by atoms with Gasteiger partial charge < -0.3 is 29.2 Å². The highest BCUT2D eigenvalue weighted by molar-refractivity contribution is 5.66. The molecule has 4 rings (SSSR count). The summed E-state index contributed by atoms with van der Waals surface area (Å²) >= 11 is 0. The zero-order valence-corrected chi connectivity index (χ0v) is 17.3. The summed E-state index contributed by atoms with van der Waals surface area (Å²) in [7, 11) is 0. The summed E-state index contributed by atoms with van der Waals surface area (Å²) < 4.78 is 16.7. The predicted molar refractivity (Wildman–Crippen MR) is 103 cm³/mol. The highest BCUT2D eigenvalue weighted by atomic mass is 16.6. The fourth-order valence-corrected chi connectivity index (χ4v) is 6.56. The summed E-state index contributed by atoms with van der Waals surface area (Å²) in [5, 5.41) is 32.5. The Morgan fingerprint density at radius 3 is 2.69 bits per heavy atom. The molecule has 0 aromatic carbocycles. The van der Waals surface area contributed by atoms with Crippen molar-refractivity contribution < 1.29 is 34.0 Å². The summed E-state index contributed by atoms with van der Waals surface area (Å²) in [6.45, 7) is 5.74. The Morgan fingerprint density at radius 1 is 1.41 bits per heavy atom. The van der Waals surface area contributed by atoms with Crippen LogP contribution >= 0.6 is 0 Å². The SMILES string of the molecule is CC(=O)O[C@H]1C[C@@H](C)[C@](C)(C[C@H](O)c2ccoc2)[C@H]2CC[C@H](O)[C@]3(CO3)[C@]12CO. The molecule has 0 unspecified atom stereocenters. The van der Waals surface area contributed by atoms with Crippen molar-refractivity contribution in [2.75, 3.05) is 13.2 Å². The maximum Gasteiger partial charge on any atom is 0.302 e. The second kappa shape index (κ2) is 7.08. The molecule has 2 aliphatic carbocycles. The van der Waals surface area contributed by atoms with E-state index in [-0.39, 0.29) is 23.9 Å². The van der Waals surface area contributed by atoms with Gasteiger partial charge in [-0.2, -0.15) is 0 Å². The van der Waals surface area contributed by atoms with Gasteiger partial charge in [0.25, 0.3) is 0 Å². The van der Waals surface area contributed by atoms with Crippen molar-refractivity contribution >= 4 is 5.97 Å². The molecule has 1 aromatic heterocycles. The molecule has 7 nitrogen and oxygen atoms in total. The molecule has 1 aromatic rings. The fourth-order valence-electron chi connectivity index (χ4n) is 6.56. The molecule has 3 fully saturated rings. The van der Waals surface area contributed by atoms with E-state index in [0.717, 1.165) is 5.56 Å². The summed E-state index contributed by atoms with van der Waals surface area (Å²) in [6, 6.07) is 1.76. The number of rotatable bonds is 5. The van der Waals surface area contributed by atoms with Gasteiger partial charge in [0.05, 0.1) is 43.4 Å². The number of ether oxygens (including phenoxy) is 2. The molecule has 8 atom stereocenters. The van der Waals surface area contributed by atoms with Crippen LogP contribution in [-0.4, -0.2) is 52.3 Å². The topological polar surface area (TPSA) is 113 Å². The molecule has 0 amide bonds. The molecular weight excluding hydrogens is 376 g/mol. The number of hydrogen-bond acceptors (Lipinski definition) is 7. The number of hydrogen-bond donors (Lipinski definition) is 3. The predicted octanol–water partition coefficient (Wildman–Crippen LogP) is 2.20. The van der Waals surface area contributed by atoms with E-state index in [1.54, 1.807) is 18.6 Å². The van der Waals surface area contributed by atoms with Crippen molar-refractivity contribution in [1.82, 2.24) is 0 Å². The fraction of sp³-hybridized carbons (Fsp3) is 0.773. The lowest BCUT2D eigenvalue weighted by atomic mass is 9.42. The van der Waals surface area contributed by atoms with Crippen LogP contribution in [0.15, 0.2) is 23.0 Å². The van der Waals surface area contributed by atoms with E-state index in [1.807, 2.05) is 0 Å². The van der Waals surface area contributed by atoms with Crippen LogP contribution < -0.4 is 0 Å². The molecule has 0 bridgehead atoms. The Balaban J connectivity index is 1.76. The number of carbonyl (C=O) groups is 1. The van der Waals surface area contributed by atoms with Gasteiger partial charge in [-0.15, -0.1) is 0 Å². The number of esters is 1. The molecule has 3 aliphatic rings. The van der Waals surface area contributed by atoms with Crippen molar-refractivity contribution in [1.29, 1.82) is 0 Å². The lowest BCUT2D eigenvalue weighted by Crippen LogP contribution is -2.70. The molecule has 3 N–H and O–H groups in total. The second-order valence-electron chi connectivity index (χ2n) is 9.54. The van der Waals surface area contributed by atoms with Crippen LogP contribution in [0.1, 0.15) is 58.1 Å². The second-order valence-corrected chi connectivity index (χ2v) is 9.54. The molecule has 29 heavy (non-hydrogen) atoms. The van der Waals surface area contributed by atoms with E-state index < -0.39 is 35.3 Å². The molecular formula is C22H32O7. The van der Waals surface area contributed by atoms with Crippen molar-refractivity contribution in [2.24, 2.45) is 22.7 Å². The van der Waals surface area contributed by atoms with Gasteiger partial charge in [-0.3, -0.25) is 4.79 Å². The minimum atomic E-state index is -0.896. The minimum absolute atomic E-state index is 0.0828. The zero-order chi connectivity index (χ0) is 21.0. The molecule has 162 valence electrons. The number of fused-ring (bicyclic) bond motifs is 2. The van der Waals surface area contributed by atoms with E-state index in [9.17, 15) is 20.1 Å². The number of carbonyl (C=O) groups excluding carboxylic acids is 1. The summed E-state index contributed by atoms with van der Waals surface area (Å²) in [5.74, 6) is -0.351. The largest absolute Gasteiger partial charge is 0.472 e. The van der Waals surface area contributed by atoms with Gasteiger partial charge in [0.2, 0.25) is 0 Å². The van der Waals surface area contributed by atoms with Crippen LogP contribution in [0, 0.1) is 22.7 Å². The molecule has 0 radical (unpaired) electrons. The first-order chi connectivity index (χ1) is 13.7.